The molecule has 1 heterocycles. The number of hydrogen-bond acceptors (Lipinski definition) is 5. The standard InChI is InChI=1S/C14H18N2O3/c1-3-10(17)9-13-15-14(16-19-13)11-7-5-6-8-12(11)18-4-2/h5-8,10,17H,3-4,9H2,1-2H3. The van der Waals surface area contributed by atoms with E-state index >= 15 is 0 Å². The molecule has 2 rings (SSSR count). The molecule has 5 heteroatoms. The molecule has 1 aromatic carbocycles. The van der Waals surface area contributed by atoms with Gasteiger partial charge in [-0.05, 0) is 25.5 Å². The lowest BCUT2D eigenvalue weighted by Gasteiger charge is -2.06. The highest BCUT2D eigenvalue weighted by Gasteiger charge is 2.14. The maximum absolute atomic E-state index is 9.58. The number of rotatable bonds is 6. The van der Waals surface area contributed by atoms with Crippen LogP contribution >= 0.6 is 0 Å². The van der Waals surface area contributed by atoms with Crippen LogP contribution in [0.5, 0.6) is 5.75 Å². The number of aliphatic hydroxyl groups excluding tert-OH is 1. The van der Waals surface area contributed by atoms with E-state index in [9.17, 15) is 5.11 Å². The topological polar surface area (TPSA) is 68.4 Å². The molecular formula is C14H18N2O3. The average Bonchev–Trinajstić information content (AvgIpc) is 2.88. The second-order valence-electron chi connectivity index (χ2n) is 4.21. The zero-order valence-electron chi connectivity index (χ0n) is 11.2. The Balaban J connectivity index is 2.22. The van der Waals surface area contributed by atoms with E-state index < -0.39 is 6.10 Å². The van der Waals surface area contributed by atoms with E-state index in [1.165, 1.54) is 0 Å². The smallest absolute Gasteiger partial charge is 0.229 e. The lowest BCUT2D eigenvalue weighted by atomic mass is 10.2. The molecule has 0 radical (unpaired) electrons. The summed E-state index contributed by atoms with van der Waals surface area (Å²) in [5, 5.41) is 13.5. The molecule has 19 heavy (non-hydrogen) atoms. The Bertz CT molecular complexity index is 525. The molecule has 0 aliphatic heterocycles. The van der Waals surface area contributed by atoms with Crippen LogP contribution in [0.25, 0.3) is 11.4 Å². The first kappa shape index (κ1) is 13.5. The van der Waals surface area contributed by atoms with E-state index in [0.29, 0.717) is 31.2 Å². The Labute approximate surface area is 112 Å². The third-order valence-electron chi connectivity index (χ3n) is 2.78. The fraction of sp³-hybridized carbons (Fsp3) is 0.429. The monoisotopic (exact) mass is 262 g/mol. The molecule has 2 aromatic rings. The second kappa shape index (κ2) is 6.33. The highest BCUT2D eigenvalue weighted by Crippen LogP contribution is 2.27. The molecule has 0 saturated heterocycles. The fourth-order valence-electron chi connectivity index (χ4n) is 1.73. The van der Waals surface area contributed by atoms with Crippen molar-refractivity contribution in [2.75, 3.05) is 6.61 Å². The summed E-state index contributed by atoms with van der Waals surface area (Å²) >= 11 is 0. The van der Waals surface area contributed by atoms with Crippen molar-refractivity contribution < 1.29 is 14.4 Å². The minimum Gasteiger partial charge on any atom is -0.493 e. The van der Waals surface area contributed by atoms with Gasteiger partial charge < -0.3 is 14.4 Å². The molecule has 1 aromatic heterocycles. The van der Waals surface area contributed by atoms with Gasteiger partial charge in [-0.1, -0.05) is 24.2 Å². The summed E-state index contributed by atoms with van der Waals surface area (Å²) in [5.41, 5.74) is 0.797. The van der Waals surface area contributed by atoms with Gasteiger partial charge in [-0.15, -0.1) is 0 Å². The normalized spacial score (nSPS) is 12.4. The van der Waals surface area contributed by atoms with E-state index in [1.54, 1.807) is 0 Å². The zero-order valence-corrected chi connectivity index (χ0v) is 11.2. The van der Waals surface area contributed by atoms with Gasteiger partial charge in [0.1, 0.15) is 5.75 Å². The molecule has 0 bridgehead atoms. The molecular weight excluding hydrogens is 244 g/mol. The molecule has 0 saturated carbocycles. The molecule has 1 N–H and O–H groups in total. The van der Waals surface area contributed by atoms with Gasteiger partial charge in [0, 0.05) is 0 Å². The van der Waals surface area contributed by atoms with Crippen LogP contribution in [0.3, 0.4) is 0 Å². The van der Waals surface area contributed by atoms with Crippen molar-refractivity contribution >= 4 is 0 Å². The Hall–Kier alpha value is -1.88. The van der Waals surface area contributed by atoms with Crippen molar-refractivity contribution in [3.63, 3.8) is 0 Å². The minimum absolute atomic E-state index is 0.375. The van der Waals surface area contributed by atoms with Crippen LogP contribution in [0.1, 0.15) is 26.2 Å². The maximum Gasteiger partial charge on any atom is 0.229 e. The minimum atomic E-state index is -0.449. The Morgan fingerprint density at radius 3 is 2.84 bits per heavy atom. The summed E-state index contributed by atoms with van der Waals surface area (Å²) in [4.78, 5) is 4.29. The molecule has 0 amide bonds. The Morgan fingerprint density at radius 1 is 1.32 bits per heavy atom. The van der Waals surface area contributed by atoms with Crippen molar-refractivity contribution in [2.24, 2.45) is 0 Å². The van der Waals surface area contributed by atoms with Gasteiger partial charge in [-0.25, -0.2) is 0 Å². The van der Waals surface area contributed by atoms with Crippen LogP contribution in [0.4, 0.5) is 0 Å². The summed E-state index contributed by atoms with van der Waals surface area (Å²) in [6, 6.07) is 7.55. The Morgan fingerprint density at radius 2 is 2.11 bits per heavy atom. The zero-order chi connectivity index (χ0) is 13.7. The van der Waals surface area contributed by atoms with Crippen LogP contribution in [-0.2, 0) is 6.42 Å². The number of hydrogen-bond donors (Lipinski definition) is 1. The van der Waals surface area contributed by atoms with Gasteiger partial charge in [0.25, 0.3) is 0 Å². The van der Waals surface area contributed by atoms with Gasteiger partial charge in [-0.3, -0.25) is 0 Å². The Kier molecular flexibility index (Phi) is 4.52. The van der Waals surface area contributed by atoms with Crippen LogP contribution in [0.15, 0.2) is 28.8 Å². The first-order chi connectivity index (χ1) is 9.24. The SMILES string of the molecule is CCOc1ccccc1-c1noc(CC(O)CC)n1. The largest absolute Gasteiger partial charge is 0.493 e. The van der Waals surface area contributed by atoms with Gasteiger partial charge >= 0.3 is 0 Å². The molecule has 0 aliphatic carbocycles. The van der Waals surface area contributed by atoms with Crippen LogP contribution in [0.2, 0.25) is 0 Å². The summed E-state index contributed by atoms with van der Waals surface area (Å²) < 4.78 is 10.7. The van der Waals surface area contributed by atoms with Gasteiger partial charge in [0.15, 0.2) is 0 Å². The molecule has 102 valence electrons. The second-order valence-corrected chi connectivity index (χ2v) is 4.21. The quantitative estimate of drug-likeness (QED) is 0.866. The summed E-state index contributed by atoms with van der Waals surface area (Å²) in [7, 11) is 0. The first-order valence-corrected chi connectivity index (χ1v) is 6.47. The van der Waals surface area contributed by atoms with E-state index in [1.807, 2.05) is 38.1 Å². The number of ether oxygens (including phenoxy) is 1. The molecule has 0 fully saturated rings. The highest BCUT2D eigenvalue weighted by atomic mass is 16.5. The van der Waals surface area contributed by atoms with Crippen LogP contribution in [0, 0.1) is 0 Å². The number of para-hydroxylation sites is 1. The molecule has 5 nitrogen and oxygen atoms in total. The molecule has 1 unspecified atom stereocenters. The average molecular weight is 262 g/mol. The van der Waals surface area contributed by atoms with E-state index in [0.717, 1.165) is 11.3 Å². The lowest BCUT2D eigenvalue weighted by molar-refractivity contribution is 0.158. The van der Waals surface area contributed by atoms with Crippen molar-refractivity contribution in [3.05, 3.63) is 30.2 Å². The van der Waals surface area contributed by atoms with E-state index in [-0.39, 0.29) is 0 Å². The van der Waals surface area contributed by atoms with Crippen molar-refractivity contribution in [1.82, 2.24) is 10.1 Å². The predicted molar refractivity (Wildman–Crippen MR) is 70.9 cm³/mol. The van der Waals surface area contributed by atoms with E-state index in [2.05, 4.69) is 10.1 Å². The summed E-state index contributed by atoms with van der Waals surface area (Å²) in [6.07, 6.45) is 0.587. The summed E-state index contributed by atoms with van der Waals surface area (Å²) in [5.74, 6) is 1.66. The van der Waals surface area contributed by atoms with Crippen LogP contribution in [-0.4, -0.2) is 28.0 Å². The highest BCUT2D eigenvalue weighted by molar-refractivity contribution is 5.63. The third-order valence-corrected chi connectivity index (χ3v) is 2.78. The van der Waals surface area contributed by atoms with Gasteiger partial charge in [-0.2, -0.15) is 4.98 Å². The summed E-state index contributed by atoms with van der Waals surface area (Å²) in [6.45, 7) is 4.42. The van der Waals surface area contributed by atoms with Gasteiger partial charge in [0.05, 0.1) is 24.7 Å². The fourth-order valence-corrected chi connectivity index (χ4v) is 1.73. The first-order valence-electron chi connectivity index (χ1n) is 6.47. The van der Waals surface area contributed by atoms with Crippen molar-refractivity contribution in [1.29, 1.82) is 0 Å². The predicted octanol–water partition coefficient (Wildman–Crippen LogP) is 2.45. The molecule has 1 atom stereocenters. The lowest BCUT2D eigenvalue weighted by Crippen LogP contribution is -2.08. The van der Waals surface area contributed by atoms with Crippen molar-refractivity contribution in [3.8, 4) is 17.1 Å². The molecule has 0 aliphatic rings. The van der Waals surface area contributed by atoms with Gasteiger partial charge in [0.2, 0.25) is 11.7 Å². The van der Waals surface area contributed by atoms with Crippen molar-refractivity contribution in [2.45, 2.75) is 32.8 Å². The third kappa shape index (κ3) is 3.32. The number of nitrogens with zero attached hydrogens (tertiary/aromatic N) is 2. The van der Waals surface area contributed by atoms with E-state index in [4.69, 9.17) is 9.26 Å². The number of aliphatic hydroxyl groups is 1. The number of benzene rings is 1. The maximum atomic E-state index is 9.58. The number of aromatic nitrogens is 2. The van der Waals surface area contributed by atoms with Crippen LogP contribution < -0.4 is 4.74 Å². The molecule has 0 spiro atoms.